The Morgan fingerprint density at radius 1 is 1.42 bits per heavy atom. The summed E-state index contributed by atoms with van der Waals surface area (Å²) in [5, 5.41) is 0. The molecule has 4 heteroatoms. The molecule has 1 heterocycles. The Kier molecular flexibility index (Phi) is 2.35. The average molecular weight is 175 g/mol. The van der Waals surface area contributed by atoms with Gasteiger partial charge in [0.2, 0.25) is 0 Å². The van der Waals surface area contributed by atoms with E-state index in [0.29, 0.717) is 6.42 Å². The van der Waals surface area contributed by atoms with E-state index < -0.39 is 11.7 Å². The van der Waals surface area contributed by atoms with Gasteiger partial charge in [-0.1, -0.05) is 11.6 Å². The maximum Gasteiger partial charge on any atom is 0.417 e. The van der Waals surface area contributed by atoms with E-state index >= 15 is 0 Å². The van der Waals surface area contributed by atoms with Crippen molar-refractivity contribution in [2.45, 2.75) is 19.5 Å². The topological polar surface area (TPSA) is 12.4 Å². The van der Waals surface area contributed by atoms with E-state index in [1.54, 1.807) is 6.92 Å². The molecule has 0 aromatic heterocycles. The number of aliphatic imine (C=N–C) groups is 1. The Labute approximate surface area is 68.3 Å². The van der Waals surface area contributed by atoms with Crippen molar-refractivity contribution in [3.8, 4) is 0 Å². The maximum atomic E-state index is 12.1. The third kappa shape index (κ3) is 2.22. The van der Waals surface area contributed by atoms with E-state index in [0.717, 1.165) is 17.9 Å². The average Bonchev–Trinajstić information content (AvgIpc) is 2.11. The minimum atomic E-state index is -4.28. The zero-order chi connectivity index (χ0) is 9.19. The standard InChI is InChI=1S/C8H8F3N/c1-6-2-3-7(5-12-4-6)8(9,10)11/h3-5H,2H2,1H3. The van der Waals surface area contributed by atoms with E-state index in [2.05, 4.69) is 4.99 Å². The Balaban J connectivity index is 2.85. The SMILES string of the molecule is CC1=CN=CC(C(F)(F)F)=CC1. The highest BCUT2D eigenvalue weighted by Crippen LogP contribution is 2.26. The van der Waals surface area contributed by atoms with Gasteiger partial charge in [0.25, 0.3) is 0 Å². The number of hydrogen-bond donors (Lipinski definition) is 0. The summed E-state index contributed by atoms with van der Waals surface area (Å²) in [5.41, 5.74) is 0.154. The van der Waals surface area contributed by atoms with Gasteiger partial charge >= 0.3 is 6.18 Å². The highest BCUT2D eigenvalue weighted by Gasteiger charge is 2.32. The quantitative estimate of drug-likeness (QED) is 0.536. The number of rotatable bonds is 0. The summed E-state index contributed by atoms with van der Waals surface area (Å²) in [4.78, 5) is 3.52. The minimum absolute atomic E-state index is 0.314. The molecule has 0 spiro atoms. The van der Waals surface area contributed by atoms with Crippen LogP contribution in [-0.4, -0.2) is 12.4 Å². The fourth-order valence-corrected chi connectivity index (χ4v) is 0.810. The summed E-state index contributed by atoms with van der Waals surface area (Å²) < 4.78 is 36.2. The van der Waals surface area contributed by atoms with Crippen LogP contribution >= 0.6 is 0 Å². The van der Waals surface area contributed by atoms with Crippen molar-refractivity contribution in [2.75, 3.05) is 0 Å². The maximum absolute atomic E-state index is 12.1. The molecule has 0 unspecified atom stereocenters. The van der Waals surface area contributed by atoms with Crippen LogP contribution in [0.25, 0.3) is 0 Å². The summed E-state index contributed by atoms with van der Waals surface area (Å²) in [6.45, 7) is 1.74. The zero-order valence-electron chi connectivity index (χ0n) is 6.52. The van der Waals surface area contributed by atoms with Crippen molar-refractivity contribution in [3.63, 3.8) is 0 Å². The molecule has 66 valence electrons. The second-order valence-electron chi connectivity index (χ2n) is 2.61. The van der Waals surface area contributed by atoms with Crippen LogP contribution in [0.15, 0.2) is 28.4 Å². The fraction of sp³-hybridized carbons (Fsp3) is 0.375. The number of nitrogens with zero attached hydrogens (tertiary/aromatic N) is 1. The van der Waals surface area contributed by atoms with Crippen LogP contribution in [0.3, 0.4) is 0 Å². The molecule has 0 radical (unpaired) electrons. The van der Waals surface area contributed by atoms with Gasteiger partial charge in [-0.05, 0) is 13.3 Å². The van der Waals surface area contributed by atoms with Crippen LogP contribution < -0.4 is 0 Å². The molecule has 1 nitrogen and oxygen atoms in total. The van der Waals surface area contributed by atoms with E-state index in [1.807, 2.05) is 0 Å². The molecule has 1 aliphatic rings. The van der Waals surface area contributed by atoms with Crippen molar-refractivity contribution < 1.29 is 13.2 Å². The summed E-state index contributed by atoms with van der Waals surface area (Å²) in [6, 6.07) is 0. The number of halogens is 3. The molecule has 0 fully saturated rings. The molecular formula is C8H8F3N. The third-order valence-electron chi connectivity index (χ3n) is 1.48. The van der Waals surface area contributed by atoms with Gasteiger partial charge < -0.3 is 0 Å². The molecule has 0 aromatic rings. The molecule has 0 aliphatic carbocycles. The van der Waals surface area contributed by atoms with Crippen molar-refractivity contribution in [1.82, 2.24) is 0 Å². The van der Waals surface area contributed by atoms with Gasteiger partial charge in [-0.2, -0.15) is 13.2 Å². The normalized spacial score (nSPS) is 18.3. The molecule has 0 N–H and O–H groups in total. The molecule has 1 aliphatic heterocycles. The van der Waals surface area contributed by atoms with Crippen LogP contribution in [0.2, 0.25) is 0 Å². The lowest BCUT2D eigenvalue weighted by atomic mass is 10.2. The predicted octanol–water partition coefficient (Wildman–Crippen LogP) is 2.85. The van der Waals surface area contributed by atoms with Gasteiger partial charge in [0.15, 0.2) is 0 Å². The smallest absolute Gasteiger partial charge is 0.264 e. The molecular weight excluding hydrogens is 167 g/mol. The fourth-order valence-electron chi connectivity index (χ4n) is 0.810. The molecule has 0 atom stereocenters. The van der Waals surface area contributed by atoms with E-state index in [9.17, 15) is 13.2 Å². The van der Waals surface area contributed by atoms with Gasteiger partial charge in [0.05, 0.1) is 5.57 Å². The Hall–Kier alpha value is -1.06. The first kappa shape index (κ1) is 9.03. The van der Waals surface area contributed by atoms with E-state index in [1.165, 1.54) is 6.20 Å². The molecule has 0 saturated carbocycles. The lowest BCUT2D eigenvalue weighted by Gasteiger charge is -2.04. The van der Waals surface area contributed by atoms with Crippen molar-refractivity contribution >= 4 is 6.21 Å². The monoisotopic (exact) mass is 175 g/mol. The van der Waals surface area contributed by atoms with E-state index in [-0.39, 0.29) is 0 Å². The molecule has 0 bridgehead atoms. The van der Waals surface area contributed by atoms with Crippen molar-refractivity contribution in [1.29, 1.82) is 0 Å². The van der Waals surface area contributed by atoms with Gasteiger partial charge in [0.1, 0.15) is 0 Å². The highest BCUT2D eigenvalue weighted by atomic mass is 19.4. The number of hydrogen-bond acceptors (Lipinski definition) is 1. The third-order valence-corrected chi connectivity index (χ3v) is 1.48. The molecule has 0 aromatic carbocycles. The van der Waals surface area contributed by atoms with Crippen molar-refractivity contribution in [2.24, 2.45) is 4.99 Å². The Bertz CT molecular complexity index is 258. The van der Waals surface area contributed by atoms with E-state index in [4.69, 9.17) is 0 Å². The summed E-state index contributed by atoms with van der Waals surface area (Å²) in [7, 11) is 0. The van der Waals surface area contributed by atoms with Gasteiger partial charge in [0, 0.05) is 12.4 Å². The van der Waals surface area contributed by atoms with Crippen LogP contribution in [0.5, 0.6) is 0 Å². The highest BCUT2D eigenvalue weighted by molar-refractivity contribution is 5.81. The Morgan fingerprint density at radius 3 is 2.67 bits per heavy atom. The first-order valence-corrected chi connectivity index (χ1v) is 3.46. The largest absolute Gasteiger partial charge is 0.417 e. The van der Waals surface area contributed by atoms with Crippen LogP contribution in [-0.2, 0) is 0 Å². The zero-order valence-corrected chi connectivity index (χ0v) is 6.52. The van der Waals surface area contributed by atoms with Gasteiger partial charge in [-0.15, -0.1) is 0 Å². The number of allylic oxidation sites excluding steroid dienone is 3. The predicted molar refractivity (Wildman–Crippen MR) is 41.0 cm³/mol. The van der Waals surface area contributed by atoms with Crippen LogP contribution in [0.4, 0.5) is 13.2 Å². The molecule has 0 saturated heterocycles. The lowest BCUT2D eigenvalue weighted by Crippen LogP contribution is -2.12. The second-order valence-corrected chi connectivity index (χ2v) is 2.61. The van der Waals surface area contributed by atoms with Crippen LogP contribution in [0, 0.1) is 0 Å². The Morgan fingerprint density at radius 2 is 2.08 bits per heavy atom. The minimum Gasteiger partial charge on any atom is -0.264 e. The molecule has 1 rings (SSSR count). The molecule has 12 heavy (non-hydrogen) atoms. The summed E-state index contributed by atoms with van der Waals surface area (Å²) in [5.74, 6) is 0. The first-order chi connectivity index (χ1) is 5.50. The summed E-state index contributed by atoms with van der Waals surface area (Å²) in [6.07, 6.45) is -0.537. The van der Waals surface area contributed by atoms with Crippen molar-refractivity contribution in [3.05, 3.63) is 23.4 Å². The second kappa shape index (κ2) is 3.13. The number of alkyl halides is 3. The first-order valence-electron chi connectivity index (χ1n) is 3.46. The van der Waals surface area contributed by atoms with Gasteiger partial charge in [-0.3, -0.25) is 4.99 Å². The summed E-state index contributed by atoms with van der Waals surface area (Å²) >= 11 is 0. The lowest BCUT2D eigenvalue weighted by molar-refractivity contribution is -0.0857. The van der Waals surface area contributed by atoms with Crippen LogP contribution in [0.1, 0.15) is 13.3 Å². The molecule has 0 amide bonds. The van der Waals surface area contributed by atoms with Gasteiger partial charge in [-0.25, -0.2) is 0 Å².